The zero-order valence-corrected chi connectivity index (χ0v) is 11.0. The van der Waals surface area contributed by atoms with Crippen LogP contribution >= 0.6 is 0 Å². The van der Waals surface area contributed by atoms with E-state index in [9.17, 15) is 17.6 Å². The summed E-state index contributed by atoms with van der Waals surface area (Å²) in [4.78, 5) is 0. The van der Waals surface area contributed by atoms with Gasteiger partial charge < -0.3 is 15.2 Å². The molecule has 0 saturated carbocycles. The molecule has 3 nitrogen and oxygen atoms in total. The van der Waals surface area contributed by atoms with Crippen molar-refractivity contribution >= 4 is 0 Å². The predicted octanol–water partition coefficient (Wildman–Crippen LogP) is 3.19. The maximum Gasteiger partial charge on any atom is 0.411 e. The molecule has 0 aliphatic heterocycles. The van der Waals surface area contributed by atoms with Gasteiger partial charge >= 0.3 is 6.18 Å². The molecule has 0 heterocycles. The highest BCUT2D eigenvalue weighted by Crippen LogP contribution is 2.25. The molecule has 1 rings (SSSR count). The van der Waals surface area contributed by atoms with E-state index in [0.29, 0.717) is 11.3 Å². The van der Waals surface area contributed by atoms with Gasteiger partial charge in [0, 0.05) is 24.1 Å². The van der Waals surface area contributed by atoms with Crippen LogP contribution in [0.4, 0.5) is 17.6 Å². The van der Waals surface area contributed by atoms with Gasteiger partial charge in [-0.15, -0.1) is 0 Å². The Kier molecular flexibility index (Phi) is 6.22. The molecule has 1 aromatic carbocycles. The van der Waals surface area contributed by atoms with Crippen LogP contribution in [0.15, 0.2) is 18.2 Å². The highest BCUT2D eigenvalue weighted by atomic mass is 19.4. The zero-order valence-electron chi connectivity index (χ0n) is 11.0. The lowest BCUT2D eigenvalue weighted by molar-refractivity contribution is -0.174. The van der Waals surface area contributed by atoms with Crippen LogP contribution in [0.1, 0.15) is 24.9 Å². The predicted molar refractivity (Wildman–Crippen MR) is 66.0 cm³/mol. The van der Waals surface area contributed by atoms with Gasteiger partial charge in [-0.25, -0.2) is 4.39 Å². The van der Waals surface area contributed by atoms with E-state index in [1.807, 2.05) is 0 Å². The third kappa shape index (κ3) is 6.21. The highest BCUT2D eigenvalue weighted by molar-refractivity contribution is 5.36. The number of nitrogens with two attached hydrogens (primary N) is 1. The molecule has 0 aliphatic carbocycles. The van der Waals surface area contributed by atoms with Gasteiger partial charge in [0.2, 0.25) is 0 Å². The van der Waals surface area contributed by atoms with Crippen molar-refractivity contribution in [1.82, 2.24) is 0 Å². The Balaban J connectivity index is 2.37. The summed E-state index contributed by atoms with van der Waals surface area (Å²) in [5.41, 5.74) is 6.35. The second-order valence-corrected chi connectivity index (χ2v) is 4.34. The van der Waals surface area contributed by atoms with Crippen LogP contribution in [0, 0.1) is 5.82 Å². The molecular weight excluding hydrogens is 278 g/mol. The number of alkyl halides is 3. The van der Waals surface area contributed by atoms with Crippen molar-refractivity contribution in [2.24, 2.45) is 5.73 Å². The lowest BCUT2D eigenvalue weighted by Gasteiger charge is -2.14. The van der Waals surface area contributed by atoms with Crippen LogP contribution in [-0.2, 0) is 4.74 Å². The Morgan fingerprint density at radius 1 is 1.25 bits per heavy atom. The van der Waals surface area contributed by atoms with Crippen molar-refractivity contribution in [3.63, 3.8) is 0 Å². The molecule has 0 aromatic heterocycles. The molecule has 20 heavy (non-hydrogen) atoms. The van der Waals surface area contributed by atoms with E-state index in [1.54, 1.807) is 6.92 Å². The van der Waals surface area contributed by atoms with E-state index in [2.05, 4.69) is 4.74 Å². The fourth-order valence-electron chi connectivity index (χ4n) is 1.54. The van der Waals surface area contributed by atoms with Gasteiger partial charge in [0.25, 0.3) is 0 Å². The Hall–Kier alpha value is -1.34. The van der Waals surface area contributed by atoms with E-state index >= 15 is 0 Å². The van der Waals surface area contributed by atoms with E-state index in [4.69, 9.17) is 10.5 Å². The fourth-order valence-corrected chi connectivity index (χ4v) is 1.54. The Bertz CT molecular complexity index is 421. The molecule has 1 aromatic rings. The van der Waals surface area contributed by atoms with E-state index in [0.717, 1.165) is 0 Å². The first-order valence-electron chi connectivity index (χ1n) is 6.12. The monoisotopic (exact) mass is 295 g/mol. The van der Waals surface area contributed by atoms with Crippen molar-refractivity contribution in [1.29, 1.82) is 0 Å². The van der Waals surface area contributed by atoms with Gasteiger partial charge in [0.05, 0.1) is 13.2 Å². The van der Waals surface area contributed by atoms with Crippen LogP contribution in [-0.4, -0.2) is 26.0 Å². The lowest BCUT2D eigenvalue weighted by Crippen LogP contribution is -2.18. The summed E-state index contributed by atoms with van der Waals surface area (Å²) in [5.74, 6) is -0.159. The molecule has 0 aliphatic rings. The molecule has 0 spiro atoms. The lowest BCUT2D eigenvalue weighted by atomic mass is 10.1. The van der Waals surface area contributed by atoms with Crippen LogP contribution < -0.4 is 10.5 Å². The second-order valence-electron chi connectivity index (χ2n) is 4.34. The van der Waals surface area contributed by atoms with Gasteiger partial charge in [-0.05, 0) is 13.0 Å². The molecule has 0 unspecified atom stereocenters. The Morgan fingerprint density at radius 2 is 1.95 bits per heavy atom. The molecule has 0 fully saturated rings. The number of hydrogen-bond donors (Lipinski definition) is 1. The summed E-state index contributed by atoms with van der Waals surface area (Å²) < 4.78 is 58.3. The minimum absolute atomic E-state index is 0.0810. The third-order valence-electron chi connectivity index (χ3n) is 2.42. The highest BCUT2D eigenvalue weighted by Gasteiger charge is 2.27. The maximum atomic E-state index is 13.1. The first-order valence-corrected chi connectivity index (χ1v) is 6.12. The fraction of sp³-hybridized carbons (Fsp3) is 0.538. The number of benzene rings is 1. The summed E-state index contributed by atoms with van der Waals surface area (Å²) >= 11 is 0. The average Bonchev–Trinajstić information content (AvgIpc) is 2.32. The molecule has 0 bridgehead atoms. The maximum absolute atomic E-state index is 13.1. The zero-order chi connectivity index (χ0) is 15.2. The summed E-state index contributed by atoms with van der Waals surface area (Å²) in [6.45, 7) is 0.494. The van der Waals surface area contributed by atoms with E-state index in [-0.39, 0.29) is 25.7 Å². The number of halogens is 4. The second kappa shape index (κ2) is 7.44. The third-order valence-corrected chi connectivity index (χ3v) is 2.42. The summed E-state index contributed by atoms with van der Waals surface area (Å²) in [6, 6.07) is 3.68. The van der Waals surface area contributed by atoms with Crippen molar-refractivity contribution in [3.05, 3.63) is 29.6 Å². The standard InChI is InChI=1S/C13H17F4NO2/c1-9(18)11-4-3-10(14)7-12(11)20-6-2-5-19-8-13(15,16)17/h3-4,7,9H,2,5-6,8,18H2,1H3/t9-/m1/s1. The van der Waals surface area contributed by atoms with Gasteiger partial charge in [0.15, 0.2) is 0 Å². The molecule has 0 saturated heterocycles. The molecule has 2 N–H and O–H groups in total. The first kappa shape index (κ1) is 16.7. The molecule has 114 valence electrons. The number of hydrogen-bond acceptors (Lipinski definition) is 3. The van der Waals surface area contributed by atoms with Crippen LogP contribution in [0.25, 0.3) is 0 Å². The van der Waals surface area contributed by atoms with Crippen molar-refractivity contribution in [2.75, 3.05) is 19.8 Å². The Morgan fingerprint density at radius 3 is 2.55 bits per heavy atom. The summed E-state index contributed by atoms with van der Waals surface area (Å²) in [5, 5.41) is 0. The topological polar surface area (TPSA) is 44.5 Å². The number of ether oxygens (including phenoxy) is 2. The first-order chi connectivity index (χ1) is 9.29. The molecule has 0 amide bonds. The minimum Gasteiger partial charge on any atom is -0.493 e. The van der Waals surface area contributed by atoms with Gasteiger partial charge in [0.1, 0.15) is 18.2 Å². The molecule has 1 atom stereocenters. The van der Waals surface area contributed by atoms with Crippen LogP contribution in [0.5, 0.6) is 5.75 Å². The average molecular weight is 295 g/mol. The van der Waals surface area contributed by atoms with Crippen molar-refractivity contribution in [2.45, 2.75) is 25.6 Å². The molecular formula is C13H17F4NO2. The quantitative estimate of drug-likeness (QED) is 0.620. The smallest absolute Gasteiger partial charge is 0.411 e. The number of rotatable bonds is 7. The Labute approximate surface area is 114 Å². The van der Waals surface area contributed by atoms with E-state index < -0.39 is 18.6 Å². The summed E-state index contributed by atoms with van der Waals surface area (Å²) in [7, 11) is 0. The van der Waals surface area contributed by atoms with E-state index in [1.165, 1.54) is 18.2 Å². The van der Waals surface area contributed by atoms with Gasteiger partial charge in [-0.3, -0.25) is 0 Å². The van der Waals surface area contributed by atoms with Crippen LogP contribution in [0.3, 0.4) is 0 Å². The van der Waals surface area contributed by atoms with Crippen LogP contribution in [0.2, 0.25) is 0 Å². The minimum atomic E-state index is -4.33. The molecule has 7 heteroatoms. The van der Waals surface area contributed by atoms with Crippen molar-refractivity contribution < 1.29 is 27.0 Å². The van der Waals surface area contributed by atoms with Gasteiger partial charge in [-0.2, -0.15) is 13.2 Å². The van der Waals surface area contributed by atoms with Crippen molar-refractivity contribution in [3.8, 4) is 5.75 Å². The van der Waals surface area contributed by atoms with Gasteiger partial charge in [-0.1, -0.05) is 6.07 Å². The normalized spacial score (nSPS) is 13.3. The SMILES string of the molecule is C[C@@H](N)c1ccc(F)cc1OCCCOCC(F)(F)F. The summed E-state index contributed by atoms with van der Waals surface area (Å²) in [6.07, 6.45) is -4.06. The molecule has 0 radical (unpaired) electrons. The largest absolute Gasteiger partial charge is 0.493 e.